The number of nitrogens with two attached hydrogens (primary N) is 1. The van der Waals surface area contributed by atoms with Crippen LogP contribution >= 0.6 is 23.3 Å². The second-order valence-electron chi connectivity index (χ2n) is 6.41. The monoisotopic (exact) mass is 517 g/mol. The third-order valence-corrected chi connectivity index (χ3v) is 6.12. The largest absolute Gasteiger partial charge is 0.477 e. The van der Waals surface area contributed by atoms with E-state index < -0.39 is 35.6 Å². The maximum Gasteiger partial charge on any atom is 0.352 e. The number of rotatable bonds is 10. The Labute approximate surface area is 198 Å². The highest BCUT2D eigenvalue weighted by Crippen LogP contribution is 2.40. The van der Waals surface area contributed by atoms with Crippen molar-refractivity contribution in [1.29, 1.82) is 0 Å². The number of amides is 2. The zero-order valence-electron chi connectivity index (χ0n) is 17.3. The molecular formula is C17H17F2N7O6S2. The van der Waals surface area contributed by atoms with Gasteiger partial charge in [0.05, 0.1) is 0 Å². The number of nitrogen functional groups attached to an aromatic ring is 1. The predicted molar refractivity (Wildman–Crippen MR) is 117 cm³/mol. The molecule has 0 unspecified atom stereocenters. The number of hydrogen-bond donors (Lipinski definition) is 3. The van der Waals surface area contributed by atoms with E-state index in [0.717, 1.165) is 16.4 Å². The quantitative estimate of drug-likeness (QED) is 0.166. The average molecular weight is 517 g/mol. The number of aliphatic carboxylic acids is 1. The molecule has 4 N–H and O–H groups in total. The molecule has 0 bridgehead atoms. The number of anilines is 1. The number of β-lactam (4-membered cyclic amide) rings is 1. The van der Waals surface area contributed by atoms with Gasteiger partial charge in [0.15, 0.2) is 5.13 Å². The molecule has 2 amide bonds. The average Bonchev–Trinajstić information content (AvgIpc) is 3.22. The molecule has 1 fully saturated rings. The summed E-state index contributed by atoms with van der Waals surface area (Å²) in [4.78, 5) is 51.4. The van der Waals surface area contributed by atoms with Crippen molar-refractivity contribution in [3.63, 3.8) is 0 Å². The number of nitrogens with zero attached hydrogens (tertiary/aromatic N) is 5. The van der Waals surface area contributed by atoms with Crippen LogP contribution in [0.3, 0.4) is 0 Å². The lowest BCUT2D eigenvalue weighted by Gasteiger charge is -2.49. The fraction of sp³-hybridized carbons (Fsp3) is 0.353. The van der Waals surface area contributed by atoms with Gasteiger partial charge in [-0.1, -0.05) is 16.4 Å². The van der Waals surface area contributed by atoms with Crippen molar-refractivity contribution >= 4 is 58.1 Å². The minimum Gasteiger partial charge on any atom is -0.477 e. The Bertz CT molecular complexity index is 1090. The fourth-order valence-corrected chi connectivity index (χ4v) is 4.71. The summed E-state index contributed by atoms with van der Waals surface area (Å²) in [6, 6.07) is -1.03. The normalized spacial score (nSPS) is 20.6. The van der Waals surface area contributed by atoms with E-state index >= 15 is 0 Å². The number of aromatic nitrogens is 2. The Morgan fingerprint density at radius 3 is 2.85 bits per heavy atom. The molecule has 0 aliphatic carbocycles. The number of thioether (sulfide) groups is 1. The number of allylic oxidation sites excluding steroid dienone is 1. The Kier molecular flexibility index (Phi) is 8.11. The lowest BCUT2D eigenvalue weighted by atomic mass is 10.0. The molecule has 0 radical (unpaired) electrons. The van der Waals surface area contributed by atoms with Crippen molar-refractivity contribution < 1.29 is 37.9 Å². The van der Waals surface area contributed by atoms with Crippen LogP contribution in [0, 0.1) is 0 Å². The number of carbonyl (C=O) groups excluding carboxylic acids is 2. The number of carboxylic acids is 1. The Balaban J connectivity index is 1.70. The Morgan fingerprint density at radius 1 is 1.47 bits per heavy atom. The van der Waals surface area contributed by atoms with Gasteiger partial charge in [-0.15, -0.1) is 11.8 Å². The van der Waals surface area contributed by atoms with Crippen molar-refractivity contribution in [2.24, 2.45) is 10.3 Å². The van der Waals surface area contributed by atoms with Crippen LogP contribution in [-0.2, 0) is 24.1 Å². The lowest BCUT2D eigenvalue weighted by molar-refractivity contribution is -0.150. The molecule has 13 nitrogen and oxygen atoms in total. The summed E-state index contributed by atoms with van der Waals surface area (Å²) in [5, 5.41) is 18.2. The number of hydrogen-bond acceptors (Lipinski definition) is 12. The minimum atomic E-state index is -2.75. The zero-order chi connectivity index (χ0) is 24.8. The van der Waals surface area contributed by atoms with Crippen molar-refractivity contribution in [1.82, 2.24) is 19.6 Å². The van der Waals surface area contributed by atoms with Gasteiger partial charge in [0.25, 0.3) is 18.2 Å². The molecule has 3 rings (SSSR count). The van der Waals surface area contributed by atoms with Gasteiger partial charge in [0.2, 0.25) is 11.5 Å². The Morgan fingerprint density at radius 2 is 2.24 bits per heavy atom. The van der Waals surface area contributed by atoms with Crippen LogP contribution in [0.1, 0.15) is 5.82 Å². The standard InChI is InChI=1S/C17H17F2N7O6S2/c1-31-24-9(12-23-17(20)34-25-12)13(27)22-10-14(28)26-11(16(29)30)7(6-33-15(10)26)3-2-4-32-21-5-8(18)19/h2-3,5,8,10,15H,4,6H2,1H3,(H,22,27)(H,29,30)(H2,20,23,25)/b3-2-,21-5?,24-9-/t10-,15-/m1/s1. The van der Waals surface area contributed by atoms with Crippen molar-refractivity contribution in [3.8, 4) is 0 Å². The van der Waals surface area contributed by atoms with Crippen molar-refractivity contribution in [3.05, 3.63) is 29.2 Å². The highest BCUT2D eigenvalue weighted by molar-refractivity contribution is 8.00. The van der Waals surface area contributed by atoms with Gasteiger partial charge in [0, 0.05) is 17.3 Å². The highest BCUT2D eigenvalue weighted by atomic mass is 32.2. The summed E-state index contributed by atoms with van der Waals surface area (Å²) in [6.07, 6.45) is 0.346. The van der Waals surface area contributed by atoms with Gasteiger partial charge < -0.3 is 25.8 Å². The number of halogens is 2. The summed E-state index contributed by atoms with van der Waals surface area (Å²) in [6.45, 7) is -0.183. The van der Waals surface area contributed by atoms with Gasteiger partial charge in [-0.2, -0.15) is 9.36 Å². The summed E-state index contributed by atoms with van der Waals surface area (Å²) in [5.74, 6) is -2.67. The molecule has 182 valence electrons. The molecule has 2 aliphatic rings. The van der Waals surface area contributed by atoms with Gasteiger partial charge in [0.1, 0.15) is 37.0 Å². The molecule has 0 spiro atoms. The second-order valence-corrected chi connectivity index (χ2v) is 8.29. The van der Waals surface area contributed by atoms with E-state index in [1.165, 1.54) is 31.0 Å². The molecule has 2 atom stereocenters. The molecule has 34 heavy (non-hydrogen) atoms. The number of fused-ring (bicyclic) bond motifs is 1. The van der Waals surface area contributed by atoms with E-state index in [9.17, 15) is 28.3 Å². The van der Waals surface area contributed by atoms with E-state index in [1.54, 1.807) is 0 Å². The third kappa shape index (κ3) is 5.48. The first kappa shape index (κ1) is 25.0. The zero-order valence-corrected chi connectivity index (χ0v) is 18.9. The van der Waals surface area contributed by atoms with Crippen LogP contribution in [-0.4, -0.2) is 86.4 Å². The molecule has 0 saturated carbocycles. The van der Waals surface area contributed by atoms with E-state index in [0.29, 0.717) is 11.8 Å². The van der Waals surface area contributed by atoms with Gasteiger partial charge in [-0.25, -0.2) is 13.6 Å². The van der Waals surface area contributed by atoms with E-state index in [-0.39, 0.29) is 34.7 Å². The maximum atomic E-state index is 12.7. The first-order chi connectivity index (χ1) is 16.2. The van der Waals surface area contributed by atoms with Gasteiger partial charge in [-0.05, 0) is 11.6 Å². The molecule has 3 heterocycles. The third-order valence-electron chi connectivity index (χ3n) is 4.28. The number of carboxylic acid groups (broad SMARTS) is 1. The molecule has 2 aliphatic heterocycles. The maximum absolute atomic E-state index is 12.7. The summed E-state index contributed by atoms with van der Waals surface area (Å²) in [7, 11) is 1.21. The van der Waals surface area contributed by atoms with Gasteiger partial charge >= 0.3 is 5.97 Å². The summed E-state index contributed by atoms with van der Waals surface area (Å²) < 4.78 is 27.8. The minimum absolute atomic E-state index is 0.0829. The second kappa shape index (κ2) is 11.0. The molecule has 17 heteroatoms. The fourth-order valence-electron chi connectivity index (χ4n) is 2.95. The smallest absolute Gasteiger partial charge is 0.352 e. The number of alkyl halides is 2. The first-order valence-corrected chi connectivity index (χ1v) is 11.1. The van der Waals surface area contributed by atoms with Crippen LogP contribution in [0.5, 0.6) is 0 Å². The Hall–Kier alpha value is -3.60. The van der Waals surface area contributed by atoms with Crippen molar-refractivity contribution in [2.75, 3.05) is 25.2 Å². The van der Waals surface area contributed by atoms with E-state index in [2.05, 4.69) is 34.7 Å². The summed E-state index contributed by atoms with van der Waals surface area (Å²) in [5.41, 5.74) is 5.28. The molecule has 0 aromatic carbocycles. The number of nitrogens with one attached hydrogen (secondary N) is 1. The van der Waals surface area contributed by atoms with E-state index in [1.807, 2.05) is 0 Å². The summed E-state index contributed by atoms with van der Waals surface area (Å²) >= 11 is 2.06. The van der Waals surface area contributed by atoms with Crippen molar-refractivity contribution in [2.45, 2.75) is 17.8 Å². The topological polar surface area (TPSA) is 182 Å². The van der Waals surface area contributed by atoms with Gasteiger partial charge in [-0.3, -0.25) is 14.5 Å². The van der Waals surface area contributed by atoms with E-state index in [4.69, 9.17) is 5.73 Å². The molecular weight excluding hydrogens is 500 g/mol. The van der Waals surface area contributed by atoms with Crippen LogP contribution in [0.2, 0.25) is 0 Å². The number of carbonyl (C=O) groups is 3. The number of oxime groups is 2. The highest BCUT2D eigenvalue weighted by Gasteiger charge is 2.54. The van der Waals surface area contributed by atoms with Crippen LogP contribution < -0.4 is 11.1 Å². The van der Waals surface area contributed by atoms with Crippen LogP contribution in [0.25, 0.3) is 0 Å². The lowest BCUT2D eigenvalue weighted by Crippen LogP contribution is -2.71. The predicted octanol–water partition coefficient (Wildman–Crippen LogP) is 0.0331. The van der Waals surface area contributed by atoms with Crippen LogP contribution in [0.15, 0.2) is 33.7 Å². The molecule has 1 saturated heterocycles. The molecule has 1 aromatic rings. The SMILES string of the molecule is CO/N=C(\C(=O)N[C@@H]1C(=O)N2C(C(=O)O)=C(/C=C\CON=CC(F)F)CS[C@H]12)c1nsc(N)n1. The molecule has 1 aromatic heterocycles. The first-order valence-electron chi connectivity index (χ1n) is 9.27. The van der Waals surface area contributed by atoms with Crippen LogP contribution in [0.4, 0.5) is 13.9 Å².